The van der Waals surface area contributed by atoms with Crippen molar-refractivity contribution in [3.63, 3.8) is 0 Å². The number of nitrogens with zero attached hydrogens (tertiary/aromatic N) is 1. The van der Waals surface area contributed by atoms with E-state index in [1.807, 2.05) is 0 Å². The van der Waals surface area contributed by atoms with E-state index in [0.29, 0.717) is 6.04 Å². The first kappa shape index (κ1) is 15.0. The van der Waals surface area contributed by atoms with E-state index in [1.54, 1.807) is 7.11 Å². The Labute approximate surface area is 111 Å². The Morgan fingerprint density at radius 2 is 2.06 bits per heavy atom. The summed E-state index contributed by atoms with van der Waals surface area (Å²) in [4.78, 5) is 2.20. The smallest absolute Gasteiger partial charge is 0.123 e. The van der Waals surface area contributed by atoms with Crippen LogP contribution in [0.2, 0.25) is 0 Å². The number of hydrogen-bond acceptors (Lipinski definition) is 3. The molecule has 0 saturated carbocycles. The summed E-state index contributed by atoms with van der Waals surface area (Å²) in [6.45, 7) is 6.30. The molecule has 1 atom stereocenters. The van der Waals surface area contributed by atoms with Crippen molar-refractivity contribution in [1.29, 1.82) is 0 Å². The van der Waals surface area contributed by atoms with Gasteiger partial charge in [-0.15, -0.1) is 0 Å². The fourth-order valence-electron chi connectivity index (χ4n) is 2.08. The van der Waals surface area contributed by atoms with Gasteiger partial charge in [-0.25, -0.2) is 0 Å². The van der Waals surface area contributed by atoms with Gasteiger partial charge in [0.25, 0.3) is 0 Å². The molecule has 0 fully saturated rings. The Kier molecular flexibility index (Phi) is 6.16. The molecule has 0 heterocycles. The lowest BCUT2D eigenvalue weighted by Gasteiger charge is -2.24. The summed E-state index contributed by atoms with van der Waals surface area (Å²) in [6.07, 6.45) is 1.14. The van der Waals surface area contributed by atoms with E-state index in [9.17, 15) is 0 Å². The van der Waals surface area contributed by atoms with Crippen LogP contribution in [0.4, 0.5) is 0 Å². The third-order valence-corrected chi connectivity index (χ3v) is 2.95. The number of ether oxygens (including phenoxy) is 1. The molecule has 0 aromatic heterocycles. The maximum atomic E-state index is 5.48. The van der Waals surface area contributed by atoms with E-state index in [4.69, 9.17) is 4.74 Å². The van der Waals surface area contributed by atoms with Gasteiger partial charge in [0.05, 0.1) is 7.11 Å². The van der Waals surface area contributed by atoms with Crippen LogP contribution in [-0.4, -0.2) is 39.2 Å². The highest BCUT2D eigenvalue weighted by Gasteiger charge is 2.16. The standard InChI is InChI=1S/C15H26N2O/c1-6-9-16-14(11-17(3)4)13-10-12(2)7-8-15(13)18-5/h7-8,10,14,16H,6,9,11H2,1-5H3. The fourth-order valence-corrected chi connectivity index (χ4v) is 2.08. The number of benzene rings is 1. The lowest BCUT2D eigenvalue weighted by atomic mass is 10.0. The first-order chi connectivity index (χ1) is 8.58. The van der Waals surface area contributed by atoms with Gasteiger partial charge in [-0.1, -0.05) is 24.6 Å². The quantitative estimate of drug-likeness (QED) is 0.805. The van der Waals surface area contributed by atoms with Crippen LogP contribution in [0, 0.1) is 6.92 Å². The molecule has 18 heavy (non-hydrogen) atoms. The summed E-state index contributed by atoms with van der Waals surface area (Å²) < 4.78 is 5.48. The molecule has 0 spiro atoms. The molecule has 1 aromatic carbocycles. The Bertz CT molecular complexity index is 364. The monoisotopic (exact) mass is 250 g/mol. The first-order valence-corrected chi connectivity index (χ1v) is 6.61. The molecule has 0 radical (unpaired) electrons. The minimum Gasteiger partial charge on any atom is -0.496 e. The van der Waals surface area contributed by atoms with E-state index in [0.717, 1.165) is 25.3 Å². The first-order valence-electron chi connectivity index (χ1n) is 6.61. The summed E-state index contributed by atoms with van der Waals surface area (Å²) in [5, 5.41) is 3.60. The molecule has 0 aliphatic heterocycles. The number of likely N-dealkylation sites (N-methyl/N-ethyl adjacent to an activating group) is 1. The number of hydrogen-bond donors (Lipinski definition) is 1. The van der Waals surface area contributed by atoms with Crippen molar-refractivity contribution < 1.29 is 4.74 Å². The summed E-state index contributed by atoms with van der Waals surface area (Å²) in [5.74, 6) is 0.969. The van der Waals surface area contributed by atoms with Crippen LogP contribution in [0.15, 0.2) is 18.2 Å². The van der Waals surface area contributed by atoms with Crippen LogP contribution < -0.4 is 10.1 Å². The molecule has 3 nitrogen and oxygen atoms in total. The molecule has 1 aromatic rings. The maximum absolute atomic E-state index is 5.48. The van der Waals surface area contributed by atoms with E-state index in [-0.39, 0.29) is 0 Å². The second kappa shape index (κ2) is 7.39. The van der Waals surface area contributed by atoms with Crippen LogP contribution >= 0.6 is 0 Å². The predicted octanol–water partition coefficient (Wildman–Crippen LogP) is 2.61. The molecule has 1 unspecified atom stereocenters. The van der Waals surface area contributed by atoms with E-state index in [1.165, 1.54) is 11.1 Å². The molecule has 3 heteroatoms. The third kappa shape index (κ3) is 4.31. The second-order valence-corrected chi connectivity index (χ2v) is 5.01. The van der Waals surface area contributed by atoms with Gasteiger partial charge < -0.3 is 15.0 Å². The zero-order chi connectivity index (χ0) is 13.5. The fraction of sp³-hybridized carbons (Fsp3) is 0.600. The van der Waals surface area contributed by atoms with Crippen molar-refractivity contribution in [2.45, 2.75) is 26.3 Å². The number of rotatable bonds is 7. The van der Waals surface area contributed by atoms with Gasteiger partial charge in [-0.05, 0) is 40.1 Å². The molecule has 0 saturated heterocycles. The SMILES string of the molecule is CCCNC(CN(C)C)c1cc(C)ccc1OC. The molecule has 0 aliphatic rings. The molecule has 0 amide bonds. The van der Waals surface area contributed by atoms with Crippen molar-refractivity contribution in [3.8, 4) is 5.75 Å². The number of aryl methyl sites for hydroxylation is 1. The van der Waals surface area contributed by atoms with Crippen molar-refractivity contribution in [2.75, 3.05) is 34.3 Å². The topological polar surface area (TPSA) is 24.5 Å². The summed E-state index contributed by atoms with van der Waals surface area (Å²) in [6, 6.07) is 6.68. The second-order valence-electron chi connectivity index (χ2n) is 5.01. The summed E-state index contributed by atoms with van der Waals surface area (Å²) >= 11 is 0. The zero-order valence-electron chi connectivity index (χ0n) is 12.3. The molecule has 1 rings (SSSR count). The normalized spacial score (nSPS) is 12.8. The molecule has 0 bridgehead atoms. The van der Waals surface area contributed by atoms with Crippen LogP contribution in [0.5, 0.6) is 5.75 Å². The minimum absolute atomic E-state index is 0.315. The lowest BCUT2D eigenvalue weighted by molar-refractivity contribution is 0.331. The van der Waals surface area contributed by atoms with Crippen LogP contribution in [0.25, 0.3) is 0 Å². The summed E-state index contributed by atoms with van der Waals surface area (Å²) in [5.41, 5.74) is 2.52. The maximum Gasteiger partial charge on any atom is 0.123 e. The van der Waals surface area contributed by atoms with Crippen molar-refractivity contribution in [2.24, 2.45) is 0 Å². The van der Waals surface area contributed by atoms with E-state index < -0.39 is 0 Å². The van der Waals surface area contributed by atoms with Crippen molar-refractivity contribution in [3.05, 3.63) is 29.3 Å². The molecular formula is C15H26N2O. The molecule has 0 aliphatic carbocycles. The van der Waals surface area contributed by atoms with Crippen LogP contribution in [0.3, 0.4) is 0 Å². The Morgan fingerprint density at radius 3 is 2.61 bits per heavy atom. The van der Waals surface area contributed by atoms with Crippen molar-refractivity contribution >= 4 is 0 Å². The highest BCUT2D eigenvalue weighted by atomic mass is 16.5. The zero-order valence-corrected chi connectivity index (χ0v) is 12.3. The van der Waals surface area contributed by atoms with Crippen LogP contribution in [-0.2, 0) is 0 Å². The van der Waals surface area contributed by atoms with Crippen molar-refractivity contribution in [1.82, 2.24) is 10.2 Å². The van der Waals surface area contributed by atoms with Gasteiger partial charge in [0.2, 0.25) is 0 Å². The average molecular weight is 250 g/mol. The Balaban J connectivity index is 2.98. The summed E-state index contributed by atoms with van der Waals surface area (Å²) in [7, 11) is 5.94. The molecule has 1 N–H and O–H groups in total. The largest absolute Gasteiger partial charge is 0.496 e. The van der Waals surface area contributed by atoms with Gasteiger partial charge in [0, 0.05) is 18.2 Å². The van der Waals surface area contributed by atoms with Gasteiger partial charge >= 0.3 is 0 Å². The Morgan fingerprint density at radius 1 is 1.33 bits per heavy atom. The highest BCUT2D eigenvalue weighted by molar-refractivity contribution is 5.39. The number of nitrogens with one attached hydrogen (secondary N) is 1. The predicted molar refractivity (Wildman–Crippen MR) is 77.3 cm³/mol. The van der Waals surface area contributed by atoms with Crippen LogP contribution in [0.1, 0.15) is 30.5 Å². The third-order valence-electron chi connectivity index (χ3n) is 2.95. The average Bonchev–Trinajstić information content (AvgIpc) is 2.34. The van der Waals surface area contributed by atoms with Gasteiger partial charge in [0.15, 0.2) is 0 Å². The van der Waals surface area contributed by atoms with Gasteiger partial charge in [-0.3, -0.25) is 0 Å². The van der Waals surface area contributed by atoms with Gasteiger partial charge in [-0.2, -0.15) is 0 Å². The minimum atomic E-state index is 0.315. The Hall–Kier alpha value is -1.06. The lowest BCUT2D eigenvalue weighted by Crippen LogP contribution is -2.32. The highest BCUT2D eigenvalue weighted by Crippen LogP contribution is 2.26. The molecule has 102 valence electrons. The van der Waals surface area contributed by atoms with Gasteiger partial charge in [0.1, 0.15) is 5.75 Å². The molecular weight excluding hydrogens is 224 g/mol. The van der Waals surface area contributed by atoms with E-state index in [2.05, 4.69) is 56.4 Å². The van der Waals surface area contributed by atoms with E-state index >= 15 is 0 Å². The number of methoxy groups -OCH3 is 1.